The SMILES string of the molecule is C1CCC(CCC2CCC3OC3C2)CC1. The highest BCUT2D eigenvalue weighted by atomic mass is 16.6. The van der Waals surface area contributed by atoms with E-state index in [0.717, 1.165) is 11.8 Å². The van der Waals surface area contributed by atoms with Gasteiger partial charge in [-0.25, -0.2) is 0 Å². The quantitative estimate of drug-likeness (QED) is 0.640. The topological polar surface area (TPSA) is 12.5 Å². The second kappa shape index (κ2) is 4.45. The average molecular weight is 208 g/mol. The van der Waals surface area contributed by atoms with Gasteiger partial charge in [0.2, 0.25) is 0 Å². The molecule has 3 rings (SSSR count). The van der Waals surface area contributed by atoms with E-state index in [-0.39, 0.29) is 0 Å². The van der Waals surface area contributed by atoms with E-state index < -0.39 is 0 Å². The standard InChI is InChI=1S/C14H24O/c1-2-4-11(5-3-1)6-7-12-8-9-13-14(10-12)15-13/h11-14H,1-10H2. The van der Waals surface area contributed by atoms with Crippen molar-refractivity contribution in [2.75, 3.05) is 0 Å². The van der Waals surface area contributed by atoms with Crippen molar-refractivity contribution in [2.24, 2.45) is 11.8 Å². The van der Waals surface area contributed by atoms with Crippen LogP contribution in [-0.2, 0) is 4.74 Å². The Morgan fingerprint density at radius 1 is 0.733 bits per heavy atom. The highest BCUT2D eigenvalue weighted by Gasteiger charge is 2.43. The molecule has 1 saturated heterocycles. The van der Waals surface area contributed by atoms with E-state index in [9.17, 15) is 0 Å². The van der Waals surface area contributed by atoms with Gasteiger partial charge in [0.1, 0.15) is 0 Å². The highest BCUT2D eigenvalue weighted by molar-refractivity contribution is 4.91. The minimum absolute atomic E-state index is 0.690. The molecule has 15 heavy (non-hydrogen) atoms. The fourth-order valence-electron chi connectivity index (χ4n) is 3.70. The van der Waals surface area contributed by atoms with E-state index >= 15 is 0 Å². The molecule has 0 aromatic carbocycles. The molecule has 0 bridgehead atoms. The van der Waals surface area contributed by atoms with Crippen molar-refractivity contribution in [2.45, 2.75) is 76.4 Å². The molecule has 2 aliphatic carbocycles. The van der Waals surface area contributed by atoms with Crippen LogP contribution in [-0.4, -0.2) is 12.2 Å². The number of hydrogen-bond acceptors (Lipinski definition) is 1. The van der Waals surface area contributed by atoms with Crippen LogP contribution in [0.2, 0.25) is 0 Å². The molecule has 3 unspecified atom stereocenters. The van der Waals surface area contributed by atoms with Gasteiger partial charge in [-0.3, -0.25) is 0 Å². The third kappa shape index (κ3) is 2.55. The predicted octanol–water partition coefficient (Wildman–Crippen LogP) is 3.91. The van der Waals surface area contributed by atoms with Crippen molar-refractivity contribution in [3.8, 4) is 0 Å². The number of epoxide rings is 1. The van der Waals surface area contributed by atoms with E-state index in [4.69, 9.17) is 4.74 Å². The molecule has 0 radical (unpaired) electrons. The van der Waals surface area contributed by atoms with E-state index in [0.29, 0.717) is 12.2 Å². The van der Waals surface area contributed by atoms with Gasteiger partial charge in [-0.1, -0.05) is 44.9 Å². The van der Waals surface area contributed by atoms with E-state index in [1.807, 2.05) is 0 Å². The molecule has 1 heterocycles. The molecule has 0 aromatic heterocycles. The molecule has 1 aliphatic heterocycles. The predicted molar refractivity (Wildman–Crippen MR) is 61.8 cm³/mol. The maximum absolute atomic E-state index is 5.60. The molecule has 3 fully saturated rings. The average Bonchev–Trinajstić information content (AvgIpc) is 3.06. The van der Waals surface area contributed by atoms with Gasteiger partial charge < -0.3 is 4.74 Å². The summed E-state index contributed by atoms with van der Waals surface area (Å²) in [5, 5.41) is 0. The Morgan fingerprint density at radius 2 is 1.53 bits per heavy atom. The zero-order valence-corrected chi connectivity index (χ0v) is 9.79. The first-order valence-corrected chi connectivity index (χ1v) is 7.07. The second-order valence-electron chi connectivity index (χ2n) is 5.97. The zero-order chi connectivity index (χ0) is 10.1. The molecule has 1 heteroatoms. The number of hydrogen-bond donors (Lipinski definition) is 0. The Hall–Kier alpha value is -0.0400. The van der Waals surface area contributed by atoms with Gasteiger partial charge in [0.15, 0.2) is 0 Å². The lowest BCUT2D eigenvalue weighted by atomic mass is 9.80. The van der Waals surface area contributed by atoms with Gasteiger partial charge in [-0.2, -0.15) is 0 Å². The van der Waals surface area contributed by atoms with Gasteiger partial charge in [0, 0.05) is 0 Å². The summed E-state index contributed by atoms with van der Waals surface area (Å²) in [6, 6.07) is 0. The van der Waals surface area contributed by atoms with Gasteiger partial charge in [0.25, 0.3) is 0 Å². The first-order valence-electron chi connectivity index (χ1n) is 7.07. The van der Waals surface area contributed by atoms with Gasteiger partial charge in [-0.05, 0) is 31.1 Å². The number of fused-ring (bicyclic) bond motifs is 1. The Bertz CT molecular complexity index is 207. The largest absolute Gasteiger partial charge is 0.370 e. The molecule has 2 saturated carbocycles. The molecule has 86 valence electrons. The summed E-state index contributed by atoms with van der Waals surface area (Å²) in [6.45, 7) is 0. The molecule has 3 atom stereocenters. The Balaban J connectivity index is 1.37. The lowest BCUT2D eigenvalue weighted by Crippen LogP contribution is -2.15. The first-order chi connectivity index (χ1) is 7.42. The third-order valence-corrected chi connectivity index (χ3v) is 4.82. The van der Waals surface area contributed by atoms with E-state index in [1.54, 1.807) is 0 Å². The summed E-state index contributed by atoms with van der Waals surface area (Å²) in [5.41, 5.74) is 0. The summed E-state index contributed by atoms with van der Waals surface area (Å²) in [5.74, 6) is 2.09. The van der Waals surface area contributed by atoms with Crippen molar-refractivity contribution >= 4 is 0 Å². The Kier molecular flexibility index (Phi) is 3.01. The summed E-state index contributed by atoms with van der Waals surface area (Å²) in [4.78, 5) is 0. The Morgan fingerprint density at radius 3 is 2.33 bits per heavy atom. The number of ether oxygens (including phenoxy) is 1. The van der Waals surface area contributed by atoms with Crippen LogP contribution in [0.4, 0.5) is 0 Å². The van der Waals surface area contributed by atoms with Crippen LogP contribution in [0.1, 0.15) is 64.2 Å². The lowest BCUT2D eigenvalue weighted by Gasteiger charge is -2.25. The van der Waals surface area contributed by atoms with Crippen molar-refractivity contribution < 1.29 is 4.74 Å². The maximum atomic E-state index is 5.60. The Labute approximate surface area is 93.6 Å². The smallest absolute Gasteiger partial charge is 0.0844 e. The summed E-state index contributed by atoms with van der Waals surface area (Å²) >= 11 is 0. The molecule has 1 nitrogen and oxygen atoms in total. The van der Waals surface area contributed by atoms with Crippen molar-refractivity contribution in [1.29, 1.82) is 0 Å². The molecule has 0 N–H and O–H groups in total. The summed E-state index contributed by atoms with van der Waals surface area (Å²) in [6.07, 6.45) is 16.1. The van der Waals surface area contributed by atoms with Crippen LogP contribution in [0.25, 0.3) is 0 Å². The maximum Gasteiger partial charge on any atom is 0.0844 e. The fourth-order valence-corrected chi connectivity index (χ4v) is 3.70. The van der Waals surface area contributed by atoms with Crippen molar-refractivity contribution in [1.82, 2.24) is 0 Å². The summed E-state index contributed by atoms with van der Waals surface area (Å²) in [7, 11) is 0. The third-order valence-electron chi connectivity index (χ3n) is 4.82. The molecular weight excluding hydrogens is 184 g/mol. The van der Waals surface area contributed by atoms with Crippen LogP contribution >= 0.6 is 0 Å². The van der Waals surface area contributed by atoms with Gasteiger partial charge in [0.05, 0.1) is 12.2 Å². The molecule has 3 aliphatic rings. The molecule has 0 amide bonds. The van der Waals surface area contributed by atoms with Crippen LogP contribution in [0.5, 0.6) is 0 Å². The zero-order valence-electron chi connectivity index (χ0n) is 9.79. The van der Waals surface area contributed by atoms with E-state index in [2.05, 4.69) is 0 Å². The first kappa shape index (κ1) is 10.1. The van der Waals surface area contributed by atoms with Gasteiger partial charge >= 0.3 is 0 Å². The van der Waals surface area contributed by atoms with Crippen molar-refractivity contribution in [3.05, 3.63) is 0 Å². The minimum atomic E-state index is 0.690. The van der Waals surface area contributed by atoms with Crippen LogP contribution < -0.4 is 0 Å². The molecule has 0 aromatic rings. The lowest BCUT2D eigenvalue weighted by molar-refractivity contribution is 0.282. The van der Waals surface area contributed by atoms with E-state index in [1.165, 1.54) is 64.2 Å². The van der Waals surface area contributed by atoms with Crippen LogP contribution in [0, 0.1) is 11.8 Å². The second-order valence-corrected chi connectivity index (χ2v) is 5.97. The molecule has 0 spiro atoms. The summed E-state index contributed by atoms with van der Waals surface area (Å²) < 4.78 is 5.60. The van der Waals surface area contributed by atoms with Crippen LogP contribution in [0.3, 0.4) is 0 Å². The minimum Gasteiger partial charge on any atom is -0.370 e. The van der Waals surface area contributed by atoms with Crippen LogP contribution in [0.15, 0.2) is 0 Å². The normalized spacial score (nSPS) is 41.2. The van der Waals surface area contributed by atoms with Crippen molar-refractivity contribution in [3.63, 3.8) is 0 Å². The number of rotatable bonds is 3. The molecular formula is C14H24O. The monoisotopic (exact) mass is 208 g/mol. The van der Waals surface area contributed by atoms with Gasteiger partial charge in [-0.15, -0.1) is 0 Å². The highest BCUT2D eigenvalue weighted by Crippen LogP contribution is 2.42. The fraction of sp³-hybridized carbons (Fsp3) is 1.00.